The number of carbonyl (C=O) groups is 1. The van der Waals surface area contributed by atoms with Crippen molar-refractivity contribution in [3.8, 4) is 11.5 Å². The molecule has 2 heterocycles. The Balaban J connectivity index is 1.70. The quantitative estimate of drug-likeness (QED) is 0.802. The van der Waals surface area contributed by atoms with Crippen molar-refractivity contribution >= 4 is 5.78 Å². The first kappa shape index (κ1) is 12.8. The van der Waals surface area contributed by atoms with Gasteiger partial charge < -0.3 is 13.9 Å². The maximum Gasteiger partial charge on any atom is 0.163 e. The highest BCUT2D eigenvalue weighted by molar-refractivity contribution is 5.96. The summed E-state index contributed by atoms with van der Waals surface area (Å²) in [7, 11) is 0. The summed E-state index contributed by atoms with van der Waals surface area (Å²) >= 11 is 0. The second-order valence-corrected chi connectivity index (χ2v) is 4.71. The molecule has 2 aromatic rings. The van der Waals surface area contributed by atoms with Crippen molar-refractivity contribution in [2.45, 2.75) is 19.3 Å². The Bertz CT molecular complexity index is 587. The second-order valence-electron chi connectivity index (χ2n) is 4.71. The molecule has 0 unspecified atom stereocenters. The van der Waals surface area contributed by atoms with Crippen molar-refractivity contribution in [1.29, 1.82) is 0 Å². The monoisotopic (exact) mass is 272 g/mol. The molecule has 0 spiro atoms. The Kier molecular flexibility index (Phi) is 3.72. The minimum atomic E-state index is 0.0806. The van der Waals surface area contributed by atoms with Gasteiger partial charge in [0, 0.05) is 24.8 Å². The molecule has 1 aromatic heterocycles. The number of rotatable bonds is 4. The van der Waals surface area contributed by atoms with Gasteiger partial charge in [0.2, 0.25) is 0 Å². The molecule has 0 saturated carbocycles. The smallest absolute Gasteiger partial charge is 0.163 e. The normalized spacial score (nSPS) is 13.8. The van der Waals surface area contributed by atoms with Gasteiger partial charge in [0.1, 0.15) is 5.76 Å². The van der Waals surface area contributed by atoms with E-state index in [1.54, 1.807) is 24.5 Å². The fourth-order valence-corrected chi connectivity index (χ4v) is 2.17. The molecule has 0 saturated heterocycles. The van der Waals surface area contributed by atoms with E-state index >= 15 is 0 Å². The van der Waals surface area contributed by atoms with Gasteiger partial charge in [-0.05, 0) is 30.3 Å². The summed E-state index contributed by atoms with van der Waals surface area (Å²) in [6.45, 7) is 1.27. The fourth-order valence-electron chi connectivity index (χ4n) is 2.17. The molecule has 0 atom stereocenters. The number of fused-ring (bicyclic) bond motifs is 1. The first-order valence-corrected chi connectivity index (χ1v) is 6.78. The Morgan fingerprint density at radius 2 is 1.95 bits per heavy atom. The number of ketones is 1. The van der Waals surface area contributed by atoms with Gasteiger partial charge in [-0.1, -0.05) is 0 Å². The number of benzene rings is 1. The minimum Gasteiger partial charge on any atom is -0.490 e. The number of hydrogen-bond acceptors (Lipinski definition) is 4. The van der Waals surface area contributed by atoms with Crippen molar-refractivity contribution in [2.75, 3.05) is 13.2 Å². The van der Waals surface area contributed by atoms with Crippen LogP contribution in [0.4, 0.5) is 0 Å². The Labute approximate surface area is 117 Å². The van der Waals surface area contributed by atoms with Crippen LogP contribution in [-0.4, -0.2) is 19.0 Å². The Morgan fingerprint density at radius 3 is 2.75 bits per heavy atom. The van der Waals surface area contributed by atoms with Crippen molar-refractivity contribution in [2.24, 2.45) is 0 Å². The van der Waals surface area contributed by atoms with E-state index in [4.69, 9.17) is 13.9 Å². The van der Waals surface area contributed by atoms with Crippen LogP contribution in [0.25, 0.3) is 0 Å². The molecule has 20 heavy (non-hydrogen) atoms. The zero-order valence-electron chi connectivity index (χ0n) is 11.1. The average molecular weight is 272 g/mol. The van der Waals surface area contributed by atoms with Crippen LogP contribution < -0.4 is 9.47 Å². The van der Waals surface area contributed by atoms with Gasteiger partial charge in [0.15, 0.2) is 17.3 Å². The third-order valence-electron chi connectivity index (χ3n) is 3.25. The van der Waals surface area contributed by atoms with Crippen LogP contribution in [0.15, 0.2) is 41.0 Å². The molecule has 4 nitrogen and oxygen atoms in total. The largest absolute Gasteiger partial charge is 0.490 e. The van der Waals surface area contributed by atoms with Gasteiger partial charge >= 0.3 is 0 Å². The van der Waals surface area contributed by atoms with Gasteiger partial charge in [-0.15, -0.1) is 0 Å². The molecule has 0 aliphatic carbocycles. The van der Waals surface area contributed by atoms with Crippen molar-refractivity contribution in [3.05, 3.63) is 47.9 Å². The fraction of sp³-hybridized carbons (Fsp3) is 0.312. The lowest BCUT2D eigenvalue weighted by molar-refractivity contribution is 0.0980. The predicted molar refractivity (Wildman–Crippen MR) is 73.4 cm³/mol. The maximum atomic E-state index is 12.2. The number of aryl methyl sites for hydroxylation is 1. The first-order chi connectivity index (χ1) is 9.83. The van der Waals surface area contributed by atoms with Crippen molar-refractivity contribution < 1.29 is 18.7 Å². The highest BCUT2D eigenvalue weighted by Crippen LogP contribution is 2.30. The van der Waals surface area contributed by atoms with Gasteiger partial charge in [-0.2, -0.15) is 0 Å². The molecule has 1 aromatic carbocycles. The van der Waals surface area contributed by atoms with Crippen molar-refractivity contribution in [1.82, 2.24) is 0 Å². The van der Waals surface area contributed by atoms with Crippen LogP contribution in [0.2, 0.25) is 0 Å². The van der Waals surface area contributed by atoms with E-state index in [1.807, 2.05) is 12.1 Å². The summed E-state index contributed by atoms with van der Waals surface area (Å²) in [5, 5.41) is 0. The summed E-state index contributed by atoms with van der Waals surface area (Å²) in [6.07, 6.45) is 3.51. The number of ether oxygens (including phenoxy) is 2. The molecule has 1 aliphatic heterocycles. The molecule has 0 N–H and O–H groups in total. The molecule has 4 heteroatoms. The van der Waals surface area contributed by atoms with E-state index in [2.05, 4.69) is 0 Å². The number of hydrogen-bond donors (Lipinski definition) is 0. The second kappa shape index (κ2) is 5.82. The van der Waals surface area contributed by atoms with E-state index in [0.29, 0.717) is 43.1 Å². The molecule has 104 valence electrons. The SMILES string of the molecule is O=C(CCc1ccco1)c1ccc2c(c1)OCCCO2. The van der Waals surface area contributed by atoms with Crippen LogP contribution in [0.3, 0.4) is 0 Å². The van der Waals surface area contributed by atoms with E-state index in [9.17, 15) is 4.79 Å². The van der Waals surface area contributed by atoms with Crippen LogP contribution >= 0.6 is 0 Å². The molecular formula is C16H16O4. The van der Waals surface area contributed by atoms with Crippen LogP contribution in [0.1, 0.15) is 29.0 Å². The maximum absolute atomic E-state index is 12.2. The topological polar surface area (TPSA) is 48.7 Å². The van der Waals surface area contributed by atoms with Gasteiger partial charge in [-0.25, -0.2) is 0 Å². The lowest BCUT2D eigenvalue weighted by Gasteiger charge is -2.08. The number of carbonyl (C=O) groups excluding carboxylic acids is 1. The molecular weight excluding hydrogens is 256 g/mol. The predicted octanol–water partition coefficient (Wildman–Crippen LogP) is 3.26. The Morgan fingerprint density at radius 1 is 1.10 bits per heavy atom. The van der Waals surface area contributed by atoms with Gasteiger partial charge in [0.25, 0.3) is 0 Å². The minimum absolute atomic E-state index is 0.0806. The molecule has 0 fully saturated rings. The highest BCUT2D eigenvalue weighted by Gasteiger charge is 2.14. The van der Waals surface area contributed by atoms with Gasteiger partial charge in [-0.3, -0.25) is 4.79 Å². The third-order valence-corrected chi connectivity index (χ3v) is 3.25. The molecule has 3 rings (SSSR count). The zero-order chi connectivity index (χ0) is 13.8. The van der Waals surface area contributed by atoms with Crippen LogP contribution in [0, 0.1) is 0 Å². The molecule has 0 bridgehead atoms. The molecule has 0 radical (unpaired) electrons. The van der Waals surface area contributed by atoms with E-state index in [0.717, 1.165) is 12.2 Å². The highest BCUT2D eigenvalue weighted by atomic mass is 16.5. The Hall–Kier alpha value is -2.23. The summed E-state index contributed by atoms with van der Waals surface area (Å²) in [5.41, 5.74) is 0.654. The standard InChI is InChI=1S/C16H16O4/c17-14(6-5-13-3-1-8-18-13)12-4-7-15-16(11-12)20-10-2-9-19-15/h1,3-4,7-8,11H,2,5-6,9-10H2. The average Bonchev–Trinajstić information content (AvgIpc) is 2.88. The lowest BCUT2D eigenvalue weighted by Crippen LogP contribution is -2.02. The van der Waals surface area contributed by atoms with Crippen molar-refractivity contribution in [3.63, 3.8) is 0 Å². The van der Waals surface area contributed by atoms with Crippen LogP contribution in [-0.2, 0) is 6.42 Å². The first-order valence-electron chi connectivity index (χ1n) is 6.78. The summed E-state index contributed by atoms with van der Waals surface area (Å²) in [5.74, 6) is 2.28. The van der Waals surface area contributed by atoms with E-state index < -0.39 is 0 Å². The number of Topliss-reactive ketones (excluding diaryl/α,β-unsaturated/α-hetero) is 1. The molecule has 1 aliphatic rings. The zero-order valence-corrected chi connectivity index (χ0v) is 11.1. The number of furan rings is 1. The lowest BCUT2D eigenvalue weighted by atomic mass is 10.1. The summed E-state index contributed by atoms with van der Waals surface area (Å²) in [4.78, 5) is 12.2. The summed E-state index contributed by atoms with van der Waals surface area (Å²) < 4.78 is 16.4. The van der Waals surface area contributed by atoms with E-state index in [-0.39, 0.29) is 5.78 Å². The third kappa shape index (κ3) is 2.85. The van der Waals surface area contributed by atoms with E-state index in [1.165, 1.54) is 0 Å². The molecule has 0 amide bonds. The van der Waals surface area contributed by atoms with Gasteiger partial charge in [0.05, 0.1) is 19.5 Å². The van der Waals surface area contributed by atoms with Crippen LogP contribution in [0.5, 0.6) is 11.5 Å². The summed E-state index contributed by atoms with van der Waals surface area (Å²) in [6, 6.07) is 9.07.